The van der Waals surface area contributed by atoms with Gasteiger partial charge in [-0.2, -0.15) is 0 Å². The fourth-order valence-electron chi connectivity index (χ4n) is 3.52. The van der Waals surface area contributed by atoms with E-state index in [1.54, 1.807) is 30.0 Å². The summed E-state index contributed by atoms with van der Waals surface area (Å²) in [6, 6.07) is 8.53. The van der Waals surface area contributed by atoms with Gasteiger partial charge in [-0.1, -0.05) is 43.3 Å². The van der Waals surface area contributed by atoms with Gasteiger partial charge in [-0.3, -0.25) is 14.4 Å². The number of rotatable bonds is 7. The van der Waals surface area contributed by atoms with Crippen LogP contribution in [0, 0.1) is 12.8 Å². The number of amides is 2. The highest BCUT2D eigenvalue weighted by Gasteiger charge is 2.34. The molecule has 0 radical (unpaired) electrons. The lowest BCUT2D eigenvalue weighted by atomic mass is 10.00. The zero-order valence-electron chi connectivity index (χ0n) is 17.1. The van der Waals surface area contributed by atoms with Gasteiger partial charge in [0.1, 0.15) is 11.8 Å². The average Bonchev–Trinajstić information content (AvgIpc) is 3.35. The van der Waals surface area contributed by atoms with Gasteiger partial charge in [-0.15, -0.1) is 0 Å². The molecule has 2 aromatic rings. The number of aryl methyl sites for hydroxylation is 1. The number of aromatic nitrogens is 1. The van der Waals surface area contributed by atoms with Gasteiger partial charge < -0.3 is 14.7 Å². The highest BCUT2D eigenvalue weighted by molar-refractivity contribution is 5.97. The lowest BCUT2D eigenvalue weighted by Crippen LogP contribution is -2.46. The monoisotopic (exact) mass is 397 g/mol. The van der Waals surface area contributed by atoms with Crippen molar-refractivity contribution in [2.75, 3.05) is 6.54 Å². The molecule has 1 aliphatic rings. The van der Waals surface area contributed by atoms with Crippen LogP contribution < -0.4 is 5.32 Å². The molecule has 154 valence electrons. The molecule has 0 aliphatic carbocycles. The van der Waals surface area contributed by atoms with Gasteiger partial charge in [-0.05, 0) is 25.3 Å². The first-order valence-corrected chi connectivity index (χ1v) is 9.97. The largest absolute Gasteiger partial charge is 0.361 e. The summed E-state index contributed by atoms with van der Waals surface area (Å²) in [7, 11) is 0. The van der Waals surface area contributed by atoms with Gasteiger partial charge in [0.25, 0.3) is 0 Å². The van der Waals surface area contributed by atoms with Crippen LogP contribution in [-0.4, -0.2) is 40.2 Å². The molecule has 2 heterocycles. The van der Waals surface area contributed by atoms with Crippen molar-refractivity contribution in [3.63, 3.8) is 0 Å². The zero-order valence-corrected chi connectivity index (χ0v) is 17.1. The normalized spacial score (nSPS) is 16.3. The molecule has 1 N–H and O–H groups in total. The van der Waals surface area contributed by atoms with E-state index in [1.807, 2.05) is 26.0 Å². The molecule has 1 aromatic carbocycles. The van der Waals surface area contributed by atoms with Crippen LogP contribution in [0.2, 0.25) is 0 Å². The van der Waals surface area contributed by atoms with Crippen LogP contribution in [0.4, 0.5) is 0 Å². The molecule has 1 saturated heterocycles. The predicted octanol–water partition coefficient (Wildman–Crippen LogP) is 2.67. The number of nitrogens with zero attached hydrogens (tertiary/aromatic N) is 2. The van der Waals surface area contributed by atoms with Crippen molar-refractivity contribution in [2.24, 2.45) is 5.92 Å². The molecule has 7 nitrogen and oxygen atoms in total. The Morgan fingerprint density at radius 2 is 1.97 bits per heavy atom. The van der Waals surface area contributed by atoms with E-state index in [-0.39, 0.29) is 29.9 Å². The maximum atomic E-state index is 12.7. The van der Waals surface area contributed by atoms with Gasteiger partial charge in [0.05, 0.1) is 12.1 Å². The summed E-state index contributed by atoms with van der Waals surface area (Å²) in [5.74, 6) is 0.270. The minimum absolute atomic E-state index is 0.0488. The zero-order chi connectivity index (χ0) is 21.0. The molecule has 1 unspecified atom stereocenters. The SMILES string of the molecule is Cc1cc(CC(=O)N2CCCC2C(=O)NCc2ccc(C(=O)C(C)C)cc2)on1. The second kappa shape index (κ2) is 9.03. The Labute approximate surface area is 170 Å². The number of likely N-dealkylation sites (tertiary alicyclic amines) is 1. The number of benzene rings is 1. The summed E-state index contributed by atoms with van der Waals surface area (Å²) in [6.45, 7) is 6.46. The number of hydrogen-bond donors (Lipinski definition) is 1. The van der Waals surface area contributed by atoms with E-state index >= 15 is 0 Å². The number of carbonyl (C=O) groups is 3. The molecule has 7 heteroatoms. The number of Topliss-reactive ketones (excluding diaryl/α,β-unsaturated/α-hetero) is 1. The van der Waals surface area contributed by atoms with Crippen molar-refractivity contribution < 1.29 is 18.9 Å². The first-order chi connectivity index (χ1) is 13.8. The molecule has 29 heavy (non-hydrogen) atoms. The highest BCUT2D eigenvalue weighted by Crippen LogP contribution is 2.19. The molecular formula is C22H27N3O4. The predicted molar refractivity (Wildman–Crippen MR) is 107 cm³/mol. The van der Waals surface area contributed by atoms with Gasteiger partial charge >= 0.3 is 0 Å². The van der Waals surface area contributed by atoms with Crippen LogP contribution in [-0.2, 0) is 22.6 Å². The van der Waals surface area contributed by atoms with E-state index in [1.165, 1.54) is 0 Å². The smallest absolute Gasteiger partial charge is 0.243 e. The molecule has 2 amide bonds. The van der Waals surface area contributed by atoms with Crippen molar-refractivity contribution in [1.82, 2.24) is 15.4 Å². The summed E-state index contributed by atoms with van der Waals surface area (Å²) < 4.78 is 5.11. The van der Waals surface area contributed by atoms with Gasteiger partial charge in [0.15, 0.2) is 5.78 Å². The number of ketones is 1. The first-order valence-electron chi connectivity index (χ1n) is 9.97. The third-order valence-corrected chi connectivity index (χ3v) is 5.11. The molecule has 1 atom stereocenters. The quantitative estimate of drug-likeness (QED) is 0.725. The van der Waals surface area contributed by atoms with Gasteiger partial charge in [-0.25, -0.2) is 0 Å². The van der Waals surface area contributed by atoms with Crippen LogP contribution in [0.5, 0.6) is 0 Å². The molecule has 0 saturated carbocycles. The van der Waals surface area contributed by atoms with Crippen molar-refractivity contribution in [3.8, 4) is 0 Å². The van der Waals surface area contributed by atoms with Crippen molar-refractivity contribution in [1.29, 1.82) is 0 Å². The van der Waals surface area contributed by atoms with Crippen LogP contribution in [0.1, 0.15) is 54.1 Å². The summed E-state index contributed by atoms with van der Waals surface area (Å²) in [4.78, 5) is 38.9. The second-order valence-electron chi connectivity index (χ2n) is 7.79. The Balaban J connectivity index is 1.55. The Bertz CT molecular complexity index is 886. The molecule has 1 aliphatic heterocycles. The summed E-state index contributed by atoms with van der Waals surface area (Å²) >= 11 is 0. The van der Waals surface area contributed by atoms with Crippen LogP contribution >= 0.6 is 0 Å². The summed E-state index contributed by atoms with van der Waals surface area (Å²) in [5, 5.41) is 6.71. The molecule has 1 aromatic heterocycles. The Morgan fingerprint density at radius 3 is 2.59 bits per heavy atom. The average molecular weight is 397 g/mol. The summed E-state index contributed by atoms with van der Waals surface area (Å²) in [6.07, 6.45) is 1.55. The van der Waals surface area contributed by atoms with E-state index in [0.29, 0.717) is 30.8 Å². The van der Waals surface area contributed by atoms with Crippen molar-refractivity contribution >= 4 is 17.6 Å². The Hall–Kier alpha value is -2.96. The van der Waals surface area contributed by atoms with E-state index in [4.69, 9.17) is 4.52 Å². The summed E-state index contributed by atoms with van der Waals surface area (Å²) in [5.41, 5.74) is 2.31. The van der Waals surface area contributed by atoms with Crippen LogP contribution in [0.25, 0.3) is 0 Å². The molecular weight excluding hydrogens is 370 g/mol. The van der Waals surface area contributed by atoms with E-state index in [2.05, 4.69) is 10.5 Å². The molecule has 3 rings (SSSR count). The third-order valence-electron chi connectivity index (χ3n) is 5.11. The van der Waals surface area contributed by atoms with Crippen molar-refractivity contribution in [3.05, 3.63) is 52.9 Å². The minimum Gasteiger partial charge on any atom is -0.361 e. The number of nitrogens with one attached hydrogen (secondary N) is 1. The molecule has 0 spiro atoms. The fraction of sp³-hybridized carbons (Fsp3) is 0.455. The van der Waals surface area contributed by atoms with E-state index in [0.717, 1.165) is 17.7 Å². The fourth-order valence-corrected chi connectivity index (χ4v) is 3.52. The topological polar surface area (TPSA) is 92.5 Å². The Kier molecular flexibility index (Phi) is 6.46. The molecule has 0 bridgehead atoms. The third kappa shape index (κ3) is 5.10. The van der Waals surface area contributed by atoms with E-state index in [9.17, 15) is 14.4 Å². The highest BCUT2D eigenvalue weighted by atomic mass is 16.5. The van der Waals surface area contributed by atoms with Gasteiger partial charge in [0.2, 0.25) is 11.8 Å². The maximum absolute atomic E-state index is 12.7. The van der Waals surface area contributed by atoms with E-state index < -0.39 is 6.04 Å². The van der Waals surface area contributed by atoms with Crippen LogP contribution in [0.3, 0.4) is 0 Å². The number of carbonyl (C=O) groups excluding carboxylic acids is 3. The van der Waals surface area contributed by atoms with Gasteiger partial charge in [0, 0.05) is 30.6 Å². The van der Waals surface area contributed by atoms with Crippen LogP contribution in [0.15, 0.2) is 34.9 Å². The Morgan fingerprint density at radius 1 is 1.24 bits per heavy atom. The standard InChI is InChI=1S/C22H27N3O4/c1-14(2)21(27)17-8-6-16(7-9-17)13-23-22(28)19-5-4-10-25(19)20(26)12-18-11-15(3)24-29-18/h6-9,11,14,19H,4-5,10,12-13H2,1-3H3,(H,23,28). The molecule has 1 fully saturated rings. The number of hydrogen-bond acceptors (Lipinski definition) is 5. The first kappa shape index (κ1) is 20.8. The van der Waals surface area contributed by atoms with Crippen molar-refractivity contribution in [2.45, 2.75) is 52.6 Å². The second-order valence-corrected chi connectivity index (χ2v) is 7.79. The lowest BCUT2D eigenvalue weighted by Gasteiger charge is -2.23. The minimum atomic E-state index is -0.465. The lowest BCUT2D eigenvalue weighted by molar-refractivity contribution is -0.138. The maximum Gasteiger partial charge on any atom is 0.243 e.